The zero-order valence-electron chi connectivity index (χ0n) is 31.7. The fourth-order valence-electron chi connectivity index (χ4n) is 8.23. The molecule has 1 amide bonds. The monoisotopic (exact) mass is 773 g/mol. The summed E-state index contributed by atoms with van der Waals surface area (Å²) in [7, 11) is 0. The summed E-state index contributed by atoms with van der Waals surface area (Å²) in [6.45, 7) is 4.45. The van der Waals surface area contributed by atoms with Gasteiger partial charge in [-0.3, -0.25) is 14.4 Å². The Bertz CT molecular complexity index is 2560. The highest BCUT2D eigenvalue weighted by molar-refractivity contribution is 6.11. The third-order valence-electron chi connectivity index (χ3n) is 11.2. The van der Waals surface area contributed by atoms with Crippen LogP contribution < -0.4 is 21.5 Å². The molecule has 0 fully saturated rings. The van der Waals surface area contributed by atoms with Crippen LogP contribution >= 0.6 is 0 Å². The van der Waals surface area contributed by atoms with Crippen LogP contribution in [-0.4, -0.2) is 68.4 Å². The molecule has 0 aliphatic carbocycles. The van der Waals surface area contributed by atoms with Gasteiger partial charge in [0.2, 0.25) is 11.5 Å². The second-order valence-corrected chi connectivity index (χ2v) is 14.8. The number of anilines is 1. The second-order valence-electron chi connectivity index (χ2n) is 14.8. The number of amides is 1. The molecular formula is C42H43N7O8. The highest BCUT2D eigenvalue weighted by Gasteiger charge is 2.50. The van der Waals surface area contributed by atoms with Crippen LogP contribution in [0.25, 0.3) is 33.2 Å². The topological polar surface area (TPSA) is 211 Å². The van der Waals surface area contributed by atoms with E-state index >= 15 is 0 Å². The predicted octanol–water partition coefficient (Wildman–Crippen LogP) is 4.70. The number of pyridine rings is 2. The lowest BCUT2D eigenvalue weighted by Crippen LogP contribution is -2.50. The van der Waals surface area contributed by atoms with Crippen LogP contribution in [0.15, 0.2) is 64.5 Å². The quantitative estimate of drug-likeness (QED) is 0.0880. The molecule has 15 nitrogen and oxygen atoms in total. The predicted molar refractivity (Wildman–Crippen MR) is 212 cm³/mol. The molecule has 0 saturated carbocycles. The van der Waals surface area contributed by atoms with Gasteiger partial charge in [-0.1, -0.05) is 51.0 Å². The number of carbonyl (C=O) groups excluding carboxylic acids is 3. The molecule has 3 aliphatic rings. The fourth-order valence-corrected chi connectivity index (χ4v) is 8.23. The molecule has 0 spiro atoms. The Kier molecular flexibility index (Phi) is 9.86. The van der Waals surface area contributed by atoms with Gasteiger partial charge in [-0.05, 0) is 55.5 Å². The van der Waals surface area contributed by atoms with Crippen LogP contribution in [0.2, 0.25) is 0 Å². The third-order valence-corrected chi connectivity index (χ3v) is 11.2. The van der Waals surface area contributed by atoms with Gasteiger partial charge in [0.15, 0.2) is 0 Å². The van der Waals surface area contributed by atoms with E-state index < -0.39 is 53.5 Å². The summed E-state index contributed by atoms with van der Waals surface area (Å²) in [6, 6.07) is 12.4. The maximum absolute atomic E-state index is 14.3. The average Bonchev–Trinajstić information content (AvgIpc) is 3.79. The number of nitrogens with two attached hydrogens (primary N) is 1. The zero-order chi connectivity index (χ0) is 40.0. The highest BCUT2D eigenvalue weighted by atomic mass is 16.6. The van der Waals surface area contributed by atoms with Crippen molar-refractivity contribution in [3.05, 3.63) is 87.3 Å². The van der Waals surface area contributed by atoms with E-state index in [2.05, 4.69) is 22.1 Å². The van der Waals surface area contributed by atoms with E-state index in [1.807, 2.05) is 48.8 Å². The Morgan fingerprint density at radius 2 is 1.93 bits per heavy atom. The molecule has 8 rings (SSSR count). The summed E-state index contributed by atoms with van der Waals surface area (Å²) in [5.41, 5.74) is 10.2. The van der Waals surface area contributed by atoms with Gasteiger partial charge >= 0.3 is 17.9 Å². The number of nitrogens with one attached hydrogen (secondary N) is 2. The SMILES string of the molecule is CCCCCN1C=Nc2cccc3nc4c(c1c23)Cn1c-4cc2c(c1=O)COC(=O)[C@@]2(CC)OC(=O)CC[C@@H](NC(=O)[C@@H](N)Cc1c[nH]c2ccccc12)C(=O)O. The van der Waals surface area contributed by atoms with Crippen LogP contribution in [0.3, 0.4) is 0 Å². The van der Waals surface area contributed by atoms with E-state index in [-0.39, 0.29) is 43.5 Å². The molecule has 15 heteroatoms. The number of rotatable bonds is 14. The lowest BCUT2D eigenvalue weighted by atomic mass is 9.85. The number of para-hydroxylation sites is 1. The first kappa shape index (κ1) is 37.6. The number of esters is 2. The molecular weight excluding hydrogens is 731 g/mol. The molecule has 6 heterocycles. The minimum atomic E-state index is -1.98. The van der Waals surface area contributed by atoms with Crippen molar-refractivity contribution >= 4 is 63.3 Å². The Labute approximate surface area is 326 Å². The molecule has 2 aromatic carbocycles. The van der Waals surface area contributed by atoms with E-state index in [1.165, 1.54) is 0 Å². The van der Waals surface area contributed by atoms with E-state index in [9.17, 15) is 29.1 Å². The van der Waals surface area contributed by atoms with Crippen LogP contribution in [0.5, 0.6) is 0 Å². The van der Waals surface area contributed by atoms with Crippen LogP contribution in [0, 0.1) is 0 Å². The van der Waals surface area contributed by atoms with E-state index in [0.29, 0.717) is 16.9 Å². The van der Waals surface area contributed by atoms with Crippen molar-refractivity contribution in [3.8, 4) is 11.4 Å². The number of unbranched alkanes of at least 4 members (excludes halogenated alkanes) is 2. The summed E-state index contributed by atoms with van der Waals surface area (Å²) in [5.74, 6) is -3.82. The van der Waals surface area contributed by atoms with Crippen LogP contribution in [0.1, 0.15) is 74.6 Å². The number of aliphatic carboxylic acids is 1. The number of carboxylic acids is 1. The first-order valence-corrected chi connectivity index (χ1v) is 19.3. The fraction of sp³-hybridized carbons (Fsp3) is 0.357. The number of H-pyrrole nitrogens is 1. The molecule has 0 unspecified atom stereocenters. The summed E-state index contributed by atoms with van der Waals surface area (Å²) in [6.07, 6.45) is 5.91. The molecule has 3 aliphatic heterocycles. The van der Waals surface area contributed by atoms with E-state index in [0.717, 1.165) is 64.6 Å². The van der Waals surface area contributed by atoms with E-state index in [4.69, 9.17) is 25.2 Å². The highest BCUT2D eigenvalue weighted by Crippen LogP contribution is 2.47. The Hall–Kier alpha value is -6.35. The molecule has 3 atom stereocenters. The largest absolute Gasteiger partial charge is 0.480 e. The standard InChI is InChI=1S/C42H43N7O8/c1-3-5-8-16-48-22-45-30-12-9-13-31-35(30)37(48)25-20-49-33(36(25)46-31)18-27-26(39(49)52)21-56-41(55)42(27,4-2)57-34(50)15-14-32(40(53)54)47-38(51)28(43)17-23-19-44-29-11-7-6-10-24(23)29/h6-7,9-13,18-19,22,28,32,44H,3-5,8,14-17,20-21,43H2,1-2H3,(H,47,51)(H,53,54)/t28-,32+,42-/m0/s1. The summed E-state index contributed by atoms with van der Waals surface area (Å²) >= 11 is 0. The second kappa shape index (κ2) is 15.0. The lowest BCUT2D eigenvalue weighted by Gasteiger charge is -2.35. The van der Waals surface area contributed by atoms with Gasteiger partial charge in [0.1, 0.15) is 12.6 Å². The average molecular weight is 774 g/mol. The summed E-state index contributed by atoms with van der Waals surface area (Å²) in [4.78, 5) is 81.8. The van der Waals surface area contributed by atoms with Crippen molar-refractivity contribution in [1.29, 1.82) is 0 Å². The number of fused-ring (bicyclic) bond motifs is 6. The van der Waals surface area contributed by atoms with Crippen molar-refractivity contribution in [2.45, 2.75) is 89.6 Å². The number of aromatic nitrogens is 3. The zero-order valence-corrected chi connectivity index (χ0v) is 31.7. The molecule has 294 valence electrons. The number of cyclic esters (lactones) is 1. The lowest BCUT2D eigenvalue weighted by molar-refractivity contribution is -0.189. The minimum absolute atomic E-state index is 0.0659. The number of benzene rings is 2. The number of carboxylic acid groups (broad SMARTS) is 1. The van der Waals surface area contributed by atoms with Crippen LogP contribution in [0.4, 0.5) is 11.4 Å². The molecule has 5 aromatic rings. The first-order chi connectivity index (χ1) is 27.5. The number of carbonyl (C=O) groups is 4. The molecule has 0 saturated heterocycles. The van der Waals surface area contributed by atoms with Crippen LogP contribution in [-0.2, 0) is 53.8 Å². The summed E-state index contributed by atoms with van der Waals surface area (Å²) < 4.78 is 13.1. The Morgan fingerprint density at radius 3 is 2.72 bits per heavy atom. The number of aromatic amines is 1. The smallest absolute Gasteiger partial charge is 0.355 e. The molecule has 0 bridgehead atoms. The van der Waals surface area contributed by atoms with Crippen molar-refractivity contribution in [1.82, 2.24) is 19.9 Å². The van der Waals surface area contributed by atoms with Gasteiger partial charge in [0.05, 0.1) is 58.2 Å². The number of hydrogen-bond acceptors (Lipinski definition) is 11. The summed E-state index contributed by atoms with van der Waals surface area (Å²) in [5, 5.41) is 14.2. The van der Waals surface area contributed by atoms with Gasteiger partial charge in [-0.2, -0.15) is 0 Å². The van der Waals surface area contributed by atoms with Gasteiger partial charge in [-0.15, -0.1) is 0 Å². The number of nitrogens with zero attached hydrogens (tertiary/aromatic N) is 4. The Morgan fingerprint density at radius 1 is 1.11 bits per heavy atom. The van der Waals surface area contributed by atoms with Gasteiger partial charge in [0, 0.05) is 41.2 Å². The maximum atomic E-state index is 14.3. The van der Waals surface area contributed by atoms with E-state index in [1.54, 1.807) is 23.8 Å². The number of hydrogen-bond donors (Lipinski definition) is 4. The number of ether oxygens (including phenoxy) is 2. The maximum Gasteiger partial charge on any atom is 0.355 e. The van der Waals surface area contributed by atoms with Crippen molar-refractivity contribution in [2.75, 3.05) is 11.4 Å². The minimum Gasteiger partial charge on any atom is -0.480 e. The van der Waals surface area contributed by atoms with Crippen molar-refractivity contribution < 1.29 is 33.8 Å². The molecule has 5 N–H and O–H groups in total. The van der Waals surface area contributed by atoms with Gasteiger partial charge in [-0.25, -0.2) is 19.6 Å². The van der Waals surface area contributed by atoms with Crippen molar-refractivity contribution in [2.24, 2.45) is 10.7 Å². The molecule has 3 aromatic heterocycles. The molecule has 0 radical (unpaired) electrons. The first-order valence-electron chi connectivity index (χ1n) is 19.3. The Balaban J connectivity index is 1.05. The van der Waals surface area contributed by atoms with Gasteiger partial charge < -0.3 is 40.1 Å². The normalized spacial score (nSPS) is 17.5. The van der Waals surface area contributed by atoms with Gasteiger partial charge in [0.25, 0.3) is 5.56 Å². The molecule has 57 heavy (non-hydrogen) atoms. The van der Waals surface area contributed by atoms with Crippen molar-refractivity contribution in [3.63, 3.8) is 0 Å². The third kappa shape index (κ3) is 6.50. The number of aliphatic imine (C=N–C) groups is 1.